The third-order valence-corrected chi connectivity index (χ3v) is 3.73. The zero-order valence-electron chi connectivity index (χ0n) is 11.7. The van der Waals surface area contributed by atoms with Gasteiger partial charge in [-0.05, 0) is 30.5 Å². The number of hydrogen-bond acceptors (Lipinski definition) is 2. The summed E-state index contributed by atoms with van der Waals surface area (Å²) in [6.45, 7) is 12.8. The van der Waals surface area contributed by atoms with E-state index in [0.717, 1.165) is 26.2 Å². The highest BCUT2D eigenvalue weighted by atomic mass is 35.5. The lowest BCUT2D eigenvalue weighted by molar-refractivity contribution is 0.203. The molecule has 19 heavy (non-hydrogen) atoms. The molecule has 1 aromatic carbocycles. The van der Waals surface area contributed by atoms with Crippen LogP contribution in [0.3, 0.4) is 0 Å². The van der Waals surface area contributed by atoms with Gasteiger partial charge in [0.05, 0.1) is 6.04 Å². The summed E-state index contributed by atoms with van der Waals surface area (Å²) in [5.74, 6) is 0. The van der Waals surface area contributed by atoms with E-state index in [9.17, 15) is 0 Å². The Balaban J connectivity index is 0.00000162. The SMILES string of the molecule is C=C[C@@H](c1cccc(C)c1C)N1CCNCC1.Cl.Cl. The van der Waals surface area contributed by atoms with Crippen molar-refractivity contribution in [2.24, 2.45) is 0 Å². The Morgan fingerprint density at radius 1 is 1.21 bits per heavy atom. The van der Waals surface area contributed by atoms with Crippen LogP contribution in [0.15, 0.2) is 30.9 Å². The summed E-state index contributed by atoms with van der Waals surface area (Å²) in [4.78, 5) is 2.51. The van der Waals surface area contributed by atoms with Crippen LogP contribution in [0.5, 0.6) is 0 Å². The lowest BCUT2D eigenvalue weighted by Crippen LogP contribution is -2.44. The Bertz CT molecular complexity index is 401. The molecule has 0 unspecified atom stereocenters. The minimum absolute atomic E-state index is 0. The predicted octanol–water partition coefficient (Wildman–Crippen LogP) is 3.28. The first-order chi connectivity index (χ1) is 8.24. The summed E-state index contributed by atoms with van der Waals surface area (Å²) in [7, 11) is 0. The van der Waals surface area contributed by atoms with Crippen molar-refractivity contribution in [1.29, 1.82) is 0 Å². The fourth-order valence-corrected chi connectivity index (χ4v) is 2.53. The Kier molecular flexibility index (Phi) is 8.35. The molecule has 0 saturated carbocycles. The van der Waals surface area contributed by atoms with Crippen molar-refractivity contribution >= 4 is 24.8 Å². The van der Waals surface area contributed by atoms with E-state index in [1.165, 1.54) is 16.7 Å². The van der Waals surface area contributed by atoms with E-state index in [4.69, 9.17) is 0 Å². The fraction of sp³-hybridized carbons (Fsp3) is 0.467. The molecule has 1 aliphatic rings. The quantitative estimate of drug-likeness (QED) is 0.862. The van der Waals surface area contributed by atoms with Crippen LogP contribution < -0.4 is 5.32 Å². The molecule has 0 amide bonds. The first-order valence-corrected chi connectivity index (χ1v) is 6.37. The zero-order valence-corrected chi connectivity index (χ0v) is 13.3. The molecule has 1 N–H and O–H groups in total. The van der Waals surface area contributed by atoms with Crippen molar-refractivity contribution in [1.82, 2.24) is 10.2 Å². The van der Waals surface area contributed by atoms with Gasteiger partial charge in [-0.1, -0.05) is 24.3 Å². The topological polar surface area (TPSA) is 15.3 Å². The van der Waals surface area contributed by atoms with Gasteiger partial charge in [-0.25, -0.2) is 0 Å². The largest absolute Gasteiger partial charge is 0.314 e. The van der Waals surface area contributed by atoms with Crippen molar-refractivity contribution in [3.63, 3.8) is 0 Å². The van der Waals surface area contributed by atoms with Gasteiger partial charge < -0.3 is 5.32 Å². The van der Waals surface area contributed by atoms with Crippen molar-refractivity contribution < 1.29 is 0 Å². The van der Waals surface area contributed by atoms with Crippen molar-refractivity contribution in [2.75, 3.05) is 26.2 Å². The number of benzene rings is 1. The number of piperazine rings is 1. The van der Waals surface area contributed by atoms with Crippen molar-refractivity contribution in [3.8, 4) is 0 Å². The van der Waals surface area contributed by atoms with Crippen LogP contribution in [0.1, 0.15) is 22.7 Å². The van der Waals surface area contributed by atoms with E-state index in [-0.39, 0.29) is 24.8 Å². The lowest BCUT2D eigenvalue weighted by atomic mass is 9.96. The molecule has 0 bridgehead atoms. The molecule has 0 aliphatic carbocycles. The van der Waals surface area contributed by atoms with E-state index in [2.05, 4.69) is 54.9 Å². The minimum atomic E-state index is 0. The third-order valence-electron chi connectivity index (χ3n) is 3.73. The van der Waals surface area contributed by atoms with Gasteiger partial charge >= 0.3 is 0 Å². The smallest absolute Gasteiger partial charge is 0.0532 e. The van der Waals surface area contributed by atoms with Crippen LogP contribution in [0.4, 0.5) is 0 Å². The molecule has 1 heterocycles. The highest BCUT2D eigenvalue weighted by Crippen LogP contribution is 2.26. The van der Waals surface area contributed by atoms with Crippen molar-refractivity contribution in [3.05, 3.63) is 47.5 Å². The monoisotopic (exact) mass is 302 g/mol. The van der Waals surface area contributed by atoms with Gasteiger partial charge in [0.1, 0.15) is 0 Å². The highest BCUT2D eigenvalue weighted by molar-refractivity contribution is 5.85. The summed E-state index contributed by atoms with van der Waals surface area (Å²) < 4.78 is 0. The second kappa shape index (κ2) is 8.60. The molecule has 1 fully saturated rings. The van der Waals surface area contributed by atoms with Crippen LogP contribution >= 0.6 is 24.8 Å². The van der Waals surface area contributed by atoms with E-state index in [1.807, 2.05) is 0 Å². The number of rotatable bonds is 3. The van der Waals surface area contributed by atoms with Gasteiger partial charge in [-0.2, -0.15) is 0 Å². The van der Waals surface area contributed by atoms with Crippen molar-refractivity contribution in [2.45, 2.75) is 19.9 Å². The Labute approximate surface area is 129 Å². The first kappa shape index (κ1) is 18.5. The maximum atomic E-state index is 4.02. The number of aryl methyl sites for hydroxylation is 1. The molecule has 2 rings (SSSR count). The van der Waals surface area contributed by atoms with Gasteiger partial charge in [0.2, 0.25) is 0 Å². The first-order valence-electron chi connectivity index (χ1n) is 6.37. The number of hydrogen-bond donors (Lipinski definition) is 1. The van der Waals surface area contributed by atoms with Gasteiger partial charge in [0.15, 0.2) is 0 Å². The van der Waals surface area contributed by atoms with Gasteiger partial charge in [-0.3, -0.25) is 4.90 Å². The molecule has 108 valence electrons. The fourth-order valence-electron chi connectivity index (χ4n) is 2.53. The molecule has 0 radical (unpaired) electrons. The minimum Gasteiger partial charge on any atom is -0.314 e. The molecule has 4 heteroatoms. The molecular weight excluding hydrogens is 279 g/mol. The average Bonchev–Trinajstić information content (AvgIpc) is 2.37. The Morgan fingerprint density at radius 2 is 1.84 bits per heavy atom. The standard InChI is InChI=1S/C15H22N2.2ClH/c1-4-15(17-10-8-16-9-11-17)14-7-5-6-12(2)13(14)3;;/h4-7,15-16H,1,8-11H2,2-3H3;2*1H/t15-;;/m0../s1. The van der Waals surface area contributed by atoms with Gasteiger partial charge in [0, 0.05) is 26.2 Å². The lowest BCUT2D eigenvalue weighted by Gasteiger charge is -2.34. The van der Waals surface area contributed by atoms with Gasteiger partial charge in [-0.15, -0.1) is 31.4 Å². The predicted molar refractivity (Wildman–Crippen MR) is 87.8 cm³/mol. The van der Waals surface area contributed by atoms with Crippen LogP contribution in [0.25, 0.3) is 0 Å². The molecule has 0 spiro atoms. The summed E-state index contributed by atoms with van der Waals surface area (Å²) in [5.41, 5.74) is 4.17. The summed E-state index contributed by atoms with van der Waals surface area (Å²) in [6, 6.07) is 6.92. The Morgan fingerprint density at radius 3 is 2.42 bits per heavy atom. The normalized spacial score (nSPS) is 16.9. The van der Waals surface area contributed by atoms with Crippen LogP contribution in [-0.2, 0) is 0 Å². The molecule has 0 aromatic heterocycles. The maximum absolute atomic E-state index is 4.02. The van der Waals surface area contributed by atoms with Gasteiger partial charge in [0.25, 0.3) is 0 Å². The summed E-state index contributed by atoms with van der Waals surface area (Å²) in [6.07, 6.45) is 2.08. The van der Waals surface area contributed by atoms with Crippen LogP contribution in [-0.4, -0.2) is 31.1 Å². The molecular formula is C15H24Cl2N2. The van der Waals surface area contributed by atoms with E-state index < -0.39 is 0 Å². The molecule has 1 atom stereocenters. The number of nitrogens with zero attached hydrogens (tertiary/aromatic N) is 1. The molecule has 1 aromatic rings. The average molecular weight is 303 g/mol. The summed E-state index contributed by atoms with van der Waals surface area (Å²) >= 11 is 0. The molecule has 1 saturated heterocycles. The molecule has 2 nitrogen and oxygen atoms in total. The number of halogens is 2. The zero-order chi connectivity index (χ0) is 12.3. The Hall–Kier alpha value is -0.540. The maximum Gasteiger partial charge on any atom is 0.0532 e. The molecule has 1 aliphatic heterocycles. The van der Waals surface area contributed by atoms with E-state index in [0.29, 0.717) is 6.04 Å². The third kappa shape index (κ3) is 4.22. The number of nitrogens with one attached hydrogen (secondary N) is 1. The second-order valence-electron chi connectivity index (χ2n) is 4.76. The highest BCUT2D eigenvalue weighted by Gasteiger charge is 2.20. The van der Waals surface area contributed by atoms with E-state index >= 15 is 0 Å². The van der Waals surface area contributed by atoms with Crippen LogP contribution in [0, 0.1) is 13.8 Å². The van der Waals surface area contributed by atoms with E-state index in [1.54, 1.807) is 0 Å². The second-order valence-corrected chi connectivity index (χ2v) is 4.76. The van der Waals surface area contributed by atoms with Crippen LogP contribution in [0.2, 0.25) is 0 Å². The summed E-state index contributed by atoms with van der Waals surface area (Å²) in [5, 5.41) is 3.40.